The van der Waals surface area contributed by atoms with E-state index in [2.05, 4.69) is 12.2 Å². The fourth-order valence-electron chi connectivity index (χ4n) is 4.47. The zero-order valence-corrected chi connectivity index (χ0v) is 17.5. The van der Waals surface area contributed by atoms with Gasteiger partial charge in [-0.3, -0.25) is 9.69 Å². The zero-order valence-electron chi connectivity index (χ0n) is 17.5. The van der Waals surface area contributed by atoms with E-state index in [4.69, 9.17) is 0 Å². The molecule has 2 aliphatic heterocycles. The summed E-state index contributed by atoms with van der Waals surface area (Å²) in [6.45, 7) is 2.23. The van der Waals surface area contributed by atoms with Gasteiger partial charge in [0.15, 0.2) is 0 Å². The Hall–Kier alpha value is -1.69. The number of aliphatic hydroxyl groups is 2. The van der Waals surface area contributed by atoms with Gasteiger partial charge in [0.05, 0.1) is 24.1 Å². The highest BCUT2D eigenvalue weighted by Gasteiger charge is 2.49. The van der Waals surface area contributed by atoms with Gasteiger partial charge in [0, 0.05) is 5.69 Å². The number of rotatable bonds is 11. The van der Waals surface area contributed by atoms with E-state index in [-0.39, 0.29) is 11.9 Å². The molecule has 5 nitrogen and oxygen atoms in total. The molecule has 1 aromatic carbocycles. The summed E-state index contributed by atoms with van der Waals surface area (Å²) in [5, 5.41) is 24.7. The quantitative estimate of drug-likeness (QED) is 0.391. The fraction of sp³-hybridized carbons (Fsp3) is 0.625. The minimum Gasteiger partial charge on any atom is -0.391 e. The number of fused-ring (bicyclic) bond motifs is 1. The third-order valence-corrected chi connectivity index (χ3v) is 6.21. The van der Waals surface area contributed by atoms with Crippen molar-refractivity contribution in [2.45, 2.75) is 89.1 Å². The molecule has 160 valence electrons. The third-order valence-electron chi connectivity index (χ3n) is 6.21. The Morgan fingerprint density at radius 3 is 2.34 bits per heavy atom. The Labute approximate surface area is 174 Å². The largest absolute Gasteiger partial charge is 0.391 e. The Morgan fingerprint density at radius 1 is 1.00 bits per heavy atom. The van der Waals surface area contributed by atoms with Crippen LogP contribution in [0.25, 0.3) is 0 Å². The van der Waals surface area contributed by atoms with Gasteiger partial charge in [0.1, 0.15) is 6.23 Å². The first kappa shape index (κ1) is 22.0. The predicted molar refractivity (Wildman–Crippen MR) is 117 cm³/mol. The van der Waals surface area contributed by atoms with Crippen LogP contribution in [0.15, 0.2) is 42.5 Å². The van der Waals surface area contributed by atoms with Crippen LogP contribution in [-0.2, 0) is 4.79 Å². The van der Waals surface area contributed by atoms with Gasteiger partial charge >= 0.3 is 0 Å². The minimum absolute atomic E-state index is 0.103. The van der Waals surface area contributed by atoms with E-state index < -0.39 is 24.3 Å². The fourth-order valence-corrected chi connectivity index (χ4v) is 4.47. The standard InChI is InChI=1S/C24H36N2O3/c1-2-3-4-5-6-7-8-12-15-21(27)20-17-16-19-22(25-20)24(29)26(23(19)28)18-13-10-9-11-14-18/h9-11,13-14,16-17,19-22,24-25,27,29H,2-8,12,15H2,1H3/t19-,20-,21-,22+,24?/m1/s1. The summed E-state index contributed by atoms with van der Waals surface area (Å²) < 4.78 is 0. The van der Waals surface area contributed by atoms with E-state index in [1.54, 1.807) is 0 Å². The highest BCUT2D eigenvalue weighted by Crippen LogP contribution is 2.33. The zero-order chi connectivity index (χ0) is 20.6. The number of benzene rings is 1. The molecular formula is C24H36N2O3. The molecule has 29 heavy (non-hydrogen) atoms. The Kier molecular flexibility index (Phi) is 8.28. The summed E-state index contributed by atoms with van der Waals surface area (Å²) in [6.07, 6.45) is 13.0. The molecule has 1 amide bonds. The number of carbonyl (C=O) groups is 1. The molecule has 1 saturated heterocycles. The topological polar surface area (TPSA) is 72.8 Å². The number of hydrogen-bond acceptors (Lipinski definition) is 4. The third kappa shape index (κ3) is 5.47. The van der Waals surface area contributed by atoms with Crippen molar-refractivity contribution in [3.63, 3.8) is 0 Å². The van der Waals surface area contributed by atoms with Crippen LogP contribution in [0.2, 0.25) is 0 Å². The Balaban J connectivity index is 1.46. The predicted octanol–water partition coefficient (Wildman–Crippen LogP) is 3.76. The van der Waals surface area contributed by atoms with E-state index in [0.29, 0.717) is 5.69 Å². The van der Waals surface area contributed by atoms with Crippen molar-refractivity contribution < 1.29 is 15.0 Å². The van der Waals surface area contributed by atoms with Crippen LogP contribution in [0.1, 0.15) is 64.7 Å². The molecule has 0 bridgehead atoms. The summed E-state index contributed by atoms with van der Waals surface area (Å²) >= 11 is 0. The lowest BCUT2D eigenvalue weighted by Crippen LogP contribution is -2.53. The number of aliphatic hydroxyl groups excluding tert-OH is 2. The molecule has 0 aromatic heterocycles. The summed E-state index contributed by atoms with van der Waals surface area (Å²) in [6, 6.07) is 8.64. The summed E-state index contributed by atoms with van der Waals surface area (Å²) in [4.78, 5) is 14.2. The number of nitrogens with zero attached hydrogens (tertiary/aromatic N) is 1. The van der Waals surface area contributed by atoms with Crippen LogP contribution in [0, 0.1) is 5.92 Å². The van der Waals surface area contributed by atoms with Gasteiger partial charge in [0.25, 0.3) is 0 Å². The molecule has 1 unspecified atom stereocenters. The van der Waals surface area contributed by atoms with E-state index in [0.717, 1.165) is 19.3 Å². The first-order valence-electron chi connectivity index (χ1n) is 11.3. The van der Waals surface area contributed by atoms with Crippen molar-refractivity contribution in [2.75, 3.05) is 4.90 Å². The molecule has 0 spiro atoms. The first-order chi connectivity index (χ1) is 14.1. The second-order valence-electron chi connectivity index (χ2n) is 8.42. The van der Waals surface area contributed by atoms with Crippen LogP contribution in [0.4, 0.5) is 5.69 Å². The number of carbonyl (C=O) groups excluding carboxylic acids is 1. The van der Waals surface area contributed by atoms with E-state index in [1.165, 1.54) is 43.4 Å². The molecule has 0 radical (unpaired) electrons. The van der Waals surface area contributed by atoms with Gasteiger partial charge in [-0.15, -0.1) is 0 Å². The van der Waals surface area contributed by atoms with Crippen LogP contribution in [0.3, 0.4) is 0 Å². The van der Waals surface area contributed by atoms with Gasteiger partial charge in [-0.25, -0.2) is 0 Å². The summed E-state index contributed by atoms with van der Waals surface area (Å²) in [7, 11) is 0. The molecule has 2 aliphatic rings. The normalized spacial score (nSPS) is 27.3. The molecule has 2 heterocycles. The van der Waals surface area contributed by atoms with Gasteiger partial charge in [-0.2, -0.15) is 0 Å². The van der Waals surface area contributed by atoms with E-state index >= 15 is 0 Å². The average molecular weight is 401 g/mol. The van der Waals surface area contributed by atoms with Crippen LogP contribution < -0.4 is 10.2 Å². The monoisotopic (exact) mass is 400 g/mol. The molecule has 5 atom stereocenters. The van der Waals surface area contributed by atoms with Gasteiger partial charge < -0.3 is 15.5 Å². The maximum Gasteiger partial charge on any atom is 0.237 e. The number of amides is 1. The molecule has 5 heteroatoms. The van der Waals surface area contributed by atoms with E-state index in [1.807, 2.05) is 42.5 Å². The van der Waals surface area contributed by atoms with Crippen molar-refractivity contribution in [1.29, 1.82) is 0 Å². The lowest BCUT2D eigenvalue weighted by atomic mass is 9.92. The number of unbranched alkanes of at least 4 members (excludes halogenated alkanes) is 7. The minimum atomic E-state index is -0.933. The maximum absolute atomic E-state index is 12.8. The second kappa shape index (κ2) is 10.9. The Bertz CT molecular complexity index is 663. The second-order valence-corrected chi connectivity index (χ2v) is 8.42. The number of anilines is 1. The van der Waals surface area contributed by atoms with Crippen molar-refractivity contribution in [1.82, 2.24) is 5.32 Å². The van der Waals surface area contributed by atoms with Crippen LogP contribution in [0.5, 0.6) is 0 Å². The molecular weight excluding hydrogens is 364 g/mol. The number of para-hydroxylation sites is 1. The molecule has 0 saturated carbocycles. The SMILES string of the molecule is CCCCCCCCCC[C@@H](O)[C@H]1C=C[C@H]2C(=O)N(c3ccccc3)C(O)[C@H]2N1. The lowest BCUT2D eigenvalue weighted by molar-refractivity contribution is -0.119. The molecule has 3 rings (SSSR count). The average Bonchev–Trinajstić information content (AvgIpc) is 3.00. The van der Waals surface area contributed by atoms with Crippen molar-refractivity contribution in [3.05, 3.63) is 42.5 Å². The first-order valence-corrected chi connectivity index (χ1v) is 11.3. The number of hydrogen-bond donors (Lipinski definition) is 3. The van der Waals surface area contributed by atoms with Gasteiger partial charge in [-0.05, 0) is 18.6 Å². The molecule has 1 aromatic rings. The lowest BCUT2D eigenvalue weighted by Gasteiger charge is -2.32. The summed E-state index contributed by atoms with van der Waals surface area (Å²) in [5.74, 6) is -0.495. The Morgan fingerprint density at radius 2 is 1.66 bits per heavy atom. The van der Waals surface area contributed by atoms with Gasteiger partial charge in [-0.1, -0.05) is 88.6 Å². The van der Waals surface area contributed by atoms with E-state index in [9.17, 15) is 15.0 Å². The number of nitrogens with one attached hydrogen (secondary N) is 1. The van der Waals surface area contributed by atoms with Gasteiger partial charge in [0.2, 0.25) is 5.91 Å². The highest BCUT2D eigenvalue weighted by atomic mass is 16.3. The molecule has 1 fully saturated rings. The molecule has 3 N–H and O–H groups in total. The van der Waals surface area contributed by atoms with Crippen molar-refractivity contribution >= 4 is 11.6 Å². The summed E-state index contributed by atoms with van der Waals surface area (Å²) in [5.41, 5.74) is 0.700. The van der Waals surface area contributed by atoms with Crippen molar-refractivity contribution in [2.24, 2.45) is 5.92 Å². The molecule has 0 aliphatic carbocycles. The van der Waals surface area contributed by atoms with Crippen molar-refractivity contribution in [3.8, 4) is 0 Å². The van der Waals surface area contributed by atoms with Crippen LogP contribution in [-0.4, -0.2) is 40.5 Å². The maximum atomic E-state index is 12.8. The smallest absolute Gasteiger partial charge is 0.237 e. The van der Waals surface area contributed by atoms with Crippen LogP contribution >= 0.6 is 0 Å². The highest BCUT2D eigenvalue weighted by molar-refractivity contribution is 5.99.